The summed E-state index contributed by atoms with van der Waals surface area (Å²) in [5, 5.41) is 4.73. The molecule has 0 saturated carbocycles. The Labute approximate surface area is 129 Å². The van der Waals surface area contributed by atoms with Crippen molar-refractivity contribution in [3.05, 3.63) is 22.9 Å². The van der Waals surface area contributed by atoms with Gasteiger partial charge in [-0.3, -0.25) is 10.3 Å². The predicted octanol–water partition coefficient (Wildman–Crippen LogP) is 3.11. The molecular weight excluding hydrogens is 319 g/mol. The van der Waals surface area contributed by atoms with E-state index >= 15 is 0 Å². The van der Waals surface area contributed by atoms with E-state index in [4.69, 9.17) is 9.57 Å². The van der Waals surface area contributed by atoms with Gasteiger partial charge in [-0.2, -0.15) is 18.3 Å². The third kappa shape index (κ3) is 3.05. The number of hydroxylamine groups is 1. The van der Waals surface area contributed by atoms with Crippen LogP contribution < -0.4 is 10.2 Å². The van der Waals surface area contributed by atoms with E-state index in [2.05, 4.69) is 10.6 Å². The Bertz CT molecular complexity index is 598. The third-order valence-corrected chi connectivity index (χ3v) is 4.48. The molecule has 1 atom stereocenters. The molecule has 5 nitrogen and oxygen atoms in total. The van der Waals surface area contributed by atoms with Crippen LogP contribution in [0.1, 0.15) is 31.9 Å². The smallest absolute Gasteiger partial charge is 0.423 e. The minimum absolute atomic E-state index is 0.142. The number of nitrogens with one attached hydrogen (secondary N) is 1. The number of hydrogen-bond acceptors (Lipinski definition) is 5. The molecule has 2 aliphatic heterocycles. The highest BCUT2D eigenvalue weighted by Crippen LogP contribution is 2.40. The average Bonchev–Trinajstić information content (AvgIpc) is 2.99. The van der Waals surface area contributed by atoms with Crippen molar-refractivity contribution in [2.24, 2.45) is 0 Å². The summed E-state index contributed by atoms with van der Waals surface area (Å²) in [6.07, 6.45) is -1.05. The molecule has 0 radical (unpaired) electrons. The number of hydrogen-bond donors (Lipinski definition) is 1. The summed E-state index contributed by atoms with van der Waals surface area (Å²) < 4.78 is 45.1. The normalized spacial score (nSPS) is 23.5. The summed E-state index contributed by atoms with van der Waals surface area (Å²) in [5.74, 6) is 0.405. The van der Waals surface area contributed by atoms with Gasteiger partial charge in [-0.1, -0.05) is 0 Å². The van der Waals surface area contributed by atoms with Gasteiger partial charge < -0.3 is 4.74 Å². The first kappa shape index (κ1) is 15.5. The second-order valence-electron chi connectivity index (χ2n) is 5.72. The topological polar surface area (TPSA) is 48.3 Å². The van der Waals surface area contributed by atoms with Gasteiger partial charge in [0.25, 0.3) is 0 Å². The van der Waals surface area contributed by atoms with Gasteiger partial charge in [-0.05, 0) is 19.9 Å². The summed E-state index contributed by atoms with van der Waals surface area (Å²) in [4.78, 5) is 5.35. The number of alkyl halides is 3. The third-order valence-electron chi connectivity index (χ3n) is 3.42. The first-order valence-electron chi connectivity index (χ1n) is 6.83. The number of fused-ring (bicyclic) bond motifs is 1. The maximum Gasteiger partial charge on any atom is 0.423 e. The van der Waals surface area contributed by atoms with Crippen molar-refractivity contribution in [1.29, 1.82) is 0 Å². The van der Waals surface area contributed by atoms with Crippen molar-refractivity contribution >= 4 is 11.8 Å². The number of halogens is 3. The Hall–Kier alpha value is -1.35. The molecule has 2 aliphatic rings. The summed E-state index contributed by atoms with van der Waals surface area (Å²) in [5.41, 5.74) is 1.63. The maximum absolute atomic E-state index is 12.9. The Kier molecular flexibility index (Phi) is 3.80. The fraction of sp³-hybridized carbons (Fsp3) is 0.615. The van der Waals surface area contributed by atoms with Crippen LogP contribution in [0.15, 0.2) is 17.3 Å². The first-order chi connectivity index (χ1) is 10.3. The molecule has 1 N–H and O–H groups in total. The van der Waals surface area contributed by atoms with Crippen LogP contribution in [0.4, 0.5) is 13.2 Å². The molecule has 122 valence electrons. The van der Waals surface area contributed by atoms with Crippen LogP contribution in [0.5, 0.6) is 5.88 Å². The van der Waals surface area contributed by atoms with Gasteiger partial charge >= 0.3 is 6.18 Å². The zero-order valence-corrected chi connectivity index (χ0v) is 12.9. The van der Waals surface area contributed by atoms with Crippen LogP contribution in [0, 0.1) is 0 Å². The Balaban J connectivity index is 1.72. The van der Waals surface area contributed by atoms with Gasteiger partial charge in [-0.15, -0.1) is 11.8 Å². The minimum Gasteiger partial charge on any atom is -0.477 e. The first-order valence-corrected chi connectivity index (χ1v) is 7.82. The predicted molar refractivity (Wildman–Crippen MR) is 75.2 cm³/mol. The quantitative estimate of drug-likeness (QED) is 0.920. The van der Waals surface area contributed by atoms with E-state index in [1.165, 1.54) is 16.4 Å². The molecule has 1 aromatic rings. The standard InChI is InChI=1S/C13H16F3N3O2S/c1-12(2)5-10(18-21-12)22-7-8-3-4-20-11-9(13(14,15)16)6-17-19(8)11/h5-6,8,18H,3-4,7H2,1-2H3. The van der Waals surface area contributed by atoms with Crippen LogP contribution >= 0.6 is 11.8 Å². The second-order valence-corrected chi connectivity index (χ2v) is 6.79. The largest absolute Gasteiger partial charge is 0.477 e. The van der Waals surface area contributed by atoms with Crippen molar-refractivity contribution in [2.75, 3.05) is 12.4 Å². The van der Waals surface area contributed by atoms with Crippen molar-refractivity contribution in [2.45, 2.75) is 38.1 Å². The summed E-state index contributed by atoms with van der Waals surface area (Å²) >= 11 is 1.50. The fourth-order valence-electron chi connectivity index (χ4n) is 2.33. The molecule has 0 fully saturated rings. The fourth-order valence-corrected chi connectivity index (χ4v) is 3.48. The van der Waals surface area contributed by atoms with Gasteiger partial charge in [-0.25, -0.2) is 4.68 Å². The molecule has 0 amide bonds. The number of nitrogens with zero attached hydrogens (tertiary/aromatic N) is 2. The molecule has 9 heteroatoms. The van der Waals surface area contributed by atoms with E-state index in [0.717, 1.165) is 11.2 Å². The average molecular weight is 335 g/mol. The minimum atomic E-state index is -4.45. The van der Waals surface area contributed by atoms with E-state index in [9.17, 15) is 13.2 Å². The second kappa shape index (κ2) is 5.38. The molecule has 0 aliphatic carbocycles. The van der Waals surface area contributed by atoms with Crippen molar-refractivity contribution in [3.8, 4) is 5.88 Å². The highest BCUT2D eigenvalue weighted by Gasteiger charge is 2.40. The van der Waals surface area contributed by atoms with E-state index in [-0.39, 0.29) is 24.1 Å². The lowest BCUT2D eigenvalue weighted by atomic mass is 10.1. The lowest BCUT2D eigenvalue weighted by molar-refractivity contribution is -0.139. The van der Waals surface area contributed by atoms with Crippen LogP contribution in [0.3, 0.4) is 0 Å². The SMILES string of the molecule is CC1(C)C=C(SCC2CCOc3c(C(F)(F)F)cnn32)NO1. The zero-order chi connectivity index (χ0) is 16.0. The summed E-state index contributed by atoms with van der Waals surface area (Å²) in [6.45, 7) is 4.10. The Morgan fingerprint density at radius 1 is 1.50 bits per heavy atom. The van der Waals surface area contributed by atoms with E-state index in [1.54, 1.807) is 0 Å². The van der Waals surface area contributed by atoms with Crippen LogP contribution in [0.25, 0.3) is 0 Å². The monoisotopic (exact) mass is 335 g/mol. The highest BCUT2D eigenvalue weighted by atomic mass is 32.2. The number of aromatic nitrogens is 2. The molecule has 0 saturated heterocycles. The molecule has 1 unspecified atom stereocenters. The molecule has 22 heavy (non-hydrogen) atoms. The maximum atomic E-state index is 12.9. The number of rotatable bonds is 3. The Morgan fingerprint density at radius 2 is 2.27 bits per heavy atom. The van der Waals surface area contributed by atoms with Crippen LogP contribution in [0.2, 0.25) is 0 Å². The van der Waals surface area contributed by atoms with E-state index in [0.29, 0.717) is 12.2 Å². The summed E-state index contributed by atoms with van der Waals surface area (Å²) in [7, 11) is 0. The van der Waals surface area contributed by atoms with Gasteiger partial charge in [0.1, 0.15) is 11.2 Å². The molecule has 0 bridgehead atoms. The summed E-state index contributed by atoms with van der Waals surface area (Å²) in [6, 6.07) is -0.142. The van der Waals surface area contributed by atoms with Crippen molar-refractivity contribution in [3.63, 3.8) is 0 Å². The highest BCUT2D eigenvalue weighted by molar-refractivity contribution is 8.03. The number of ether oxygens (including phenoxy) is 1. The van der Waals surface area contributed by atoms with Crippen LogP contribution in [-0.4, -0.2) is 27.7 Å². The van der Waals surface area contributed by atoms with E-state index in [1.807, 2.05) is 19.9 Å². The molecule has 0 spiro atoms. The number of thioether (sulfide) groups is 1. The molecule has 3 rings (SSSR count). The Morgan fingerprint density at radius 3 is 2.91 bits per heavy atom. The van der Waals surface area contributed by atoms with Gasteiger partial charge in [0.05, 0.1) is 23.9 Å². The van der Waals surface area contributed by atoms with Gasteiger partial charge in [0.2, 0.25) is 5.88 Å². The van der Waals surface area contributed by atoms with Gasteiger partial charge in [0.15, 0.2) is 0 Å². The lowest BCUT2D eigenvalue weighted by Crippen LogP contribution is -2.24. The van der Waals surface area contributed by atoms with Crippen molar-refractivity contribution < 1.29 is 22.7 Å². The van der Waals surface area contributed by atoms with Gasteiger partial charge in [0, 0.05) is 12.2 Å². The van der Waals surface area contributed by atoms with Crippen molar-refractivity contribution in [1.82, 2.24) is 15.3 Å². The van der Waals surface area contributed by atoms with Crippen LogP contribution in [-0.2, 0) is 11.0 Å². The van der Waals surface area contributed by atoms with E-state index < -0.39 is 11.7 Å². The zero-order valence-electron chi connectivity index (χ0n) is 12.1. The molecule has 1 aromatic heterocycles. The molecular formula is C13H16F3N3O2S. The molecule has 0 aromatic carbocycles. The molecule has 3 heterocycles. The lowest BCUT2D eigenvalue weighted by Gasteiger charge is -2.25.